The maximum absolute atomic E-state index is 14.5. The minimum absolute atomic E-state index is 0.0362. The van der Waals surface area contributed by atoms with Gasteiger partial charge in [-0.2, -0.15) is 0 Å². The van der Waals surface area contributed by atoms with E-state index in [1.807, 2.05) is 20.8 Å². The van der Waals surface area contributed by atoms with E-state index in [9.17, 15) is 28.9 Å². The Labute approximate surface area is 252 Å². The molecule has 0 bridgehead atoms. The molecule has 5 rings (SSSR count). The van der Waals surface area contributed by atoms with Gasteiger partial charge in [-0.25, -0.2) is 18.3 Å². The fraction of sp³-hybridized carbons (Fsp3) is 0.643. The van der Waals surface area contributed by atoms with Crippen molar-refractivity contribution in [1.82, 2.24) is 19.9 Å². The van der Waals surface area contributed by atoms with Crippen molar-refractivity contribution < 1.29 is 43.2 Å². The van der Waals surface area contributed by atoms with E-state index in [2.05, 4.69) is 15.5 Å². The Morgan fingerprint density at radius 3 is 2.51 bits per heavy atom. The number of ether oxygens (including phenoxy) is 2. The van der Waals surface area contributed by atoms with E-state index in [0.29, 0.717) is 32.4 Å². The van der Waals surface area contributed by atoms with Gasteiger partial charge >= 0.3 is 6.09 Å². The monoisotopic (exact) mass is 627 g/mol. The summed E-state index contributed by atoms with van der Waals surface area (Å²) >= 11 is 5.65. The molecule has 1 aromatic carbocycles. The molecule has 12 nitrogen and oxygen atoms in total. The molecule has 6 atom stereocenters. The van der Waals surface area contributed by atoms with Gasteiger partial charge in [0, 0.05) is 37.4 Å². The van der Waals surface area contributed by atoms with Crippen LogP contribution < -0.4 is 0 Å². The Balaban J connectivity index is 1.22. The molecule has 2 fully saturated rings. The number of aliphatic hydroxyl groups is 3. The molecule has 0 radical (unpaired) electrons. The van der Waals surface area contributed by atoms with Gasteiger partial charge in [0.05, 0.1) is 29.6 Å². The summed E-state index contributed by atoms with van der Waals surface area (Å²) in [4.78, 5) is 19.8. The van der Waals surface area contributed by atoms with E-state index < -0.39 is 60.4 Å². The molecule has 1 aromatic heterocycles. The van der Waals surface area contributed by atoms with Crippen molar-refractivity contribution in [2.75, 3.05) is 19.7 Å². The zero-order valence-corrected chi connectivity index (χ0v) is 24.8. The van der Waals surface area contributed by atoms with Crippen LogP contribution in [0, 0.1) is 17.6 Å². The molecule has 0 aliphatic carbocycles. The summed E-state index contributed by atoms with van der Waals surface area (Å²) in [6, 6.07) is 0.596. The molecule has 2 saturated heterocycles. The van der Waals surface area contributed by atoms with Crippen LogP contribution >= 0.6 is 11.6 Å². The number of likely N-dealkylation sites (tertiary alicyclic amines) is 1. The predicted octanol–water partition coefficient (Wildman–Crippen LogP) is 3.08. The molecule has 0 spiro atoms. The molecule has 236 valence electrons. The van der Waals surface area contributed by atoms with E-state index in [-0.39, 0.29) is 34.7 Å². The number of piperidine rings is 1. The maximum atomic E-state index is 14.5. The van der Waals surface area contributed by atoms with E-state index in [1.165, 1.54) is 6.20 Å². The second kappa shape index (κ2) is 12.6. The highest BCUT2D eigenvalue weighted by Crippen LogP contribution is 2.35. The number of halogens is 3. The molecule has 43 heavy (non-hydrogen) atoms. The number of benzene rings is 1. The SMILES string of the molecule is CC(C)(C)OC(=O)N1CCC(C2=NOC(C[C@H]3O[C@H](CO)[C@H](O)[C@H](n4cc(-c5cc(F)c(Cl)cc5F)nn4)[C@H]3O)C2)CC1. The number of carbonyl (C=O) groups excluding carboxylic acids is 1. The first-order valence-electron chi connectivity index (χ1n) is 14.2. The number of carbonyl (C=O) groups is 1. The lowest BCUT2D eigenvalue weighted by molar-refractivity contribution is -0.212. The van der Waals surface area contributed by atoms with Crippen LogP contribution in [-0.4, -0.2) is 103 Å². The van der Waals surface area contributed by atoms with E-state index in [0.717, 1.165) is 22.5 Å². The lowest BCUT2D eigenvalue weighted by Crippen LogP contribution is -2.56. The minimum Gasteiger partial charge on any atom is -0.444 e. The van der Waals surface area contributed by atoms with Crippen molar-refractivity contribution in [2.45, 2.75) is 88.6 Å². The largest absolute Gasteiger partial charge is 0.444 e. The molecular weight excluding hydrogens is 592 g/mol. The van der Waals surface area contributed by atoms with Crippen LogP contribution in [0.4, 0.5) is 13.6 Å². The van der Waals surface area contributed by atoms with Crippen LogP contribution in [0.2, 0.25) is 5.02 Å². The summed E-state index contributed by atoms with van der Waals surface area (Å²) in [6.45, 7) is 6.03. The Morgan fingerprint density at radius 2 is 1.84 bits per heavy atom. The Hall–Kier alpha value is -2.91. The normalized spacial score (nSPS) is 28.5. The molecule has 3 aliphatic heterocycles. The van der Waals surface area contributed by atoms with Crippen molar-refractivity contribution in [1.29, 1.82) is 0 Å². The second-order valence-corrected chi connectivity index (χ2v) is 12.6. The summed E-state index contributed by atoms with van der Waals surface area (Å²) in [6.07, 6.45) is -2.01. The van der Waals surface area contributed by atoms with Crippen LogP contribution in [0.15, 0.2) is 23.5 Å². The van der Waals surface area contributed by atoms with Crippen molar-refractivity contribution in [3.63, 3.8) is 0 Å². The molecule has 0 saturated carbocycles. The zero-order chi connectivity index (χ0) is 31.1. The molecule has 3 aliphatic rings. The molecule has 2 aromatic rings. The van der Waals surface area contributed by atoms with Crippen LogP contribution in [0.5, 0.6) is 0 Å². The number of hydrogen-bond acceptors (Lipinski definition) is 10. The number of aromatic nitrogens is 3. The van der Waals surface area contributed by atoms with Crippen molar-refractivity contribution in [2.24, 2.45) is 11.1 Å². The number of oxime groups is 1. The third-order valence-corrected chi connectivity index (χ3v) is 8.25. The number of rotatable bonds is 6. The zero-order valence-electron chi connectivity index (χ0n) is 24.1. The molecule has 1 amide bonds. The topological polar surface area (TPSA) is 152 Å². The molecular formula is C28H36ClF2N5O7. The summed E-state index contributed by atoms with van der Waals surface area (Å²) in [5.41, 5.74) is 0.0730. The van der Waals surface area contributed by atoms with Crippen LogP contribution in [-0.2, 0) is 14.3 Å². The Kier molecular flexibility index (Phi) is 9.23. The van der Waals surface area contributed by atoms with Crippen molar-refractivity contribution in [3.05, 3.63) is 35.0 Å². The van der Waals surface area contributed by atoms with Gasteiger partial charge in [-0.1, -0.05) is 22.0 Å². The average Bonchev–Trinajstić information content (AvgIpc) is 3.62. The van der Waals surface area contributed by atoms with Crippen molar-refractivity contribution >= 4 is 23.4 Å². The average molecular weight is 628 g/mol. The van der Waals surface area contributed by atoms with Crippen LogP contribution in [0.1, 0.15) is 52.5 Å². The number of amides is 1. The quantitative estimate of drug-likeness (QED) is 0.410. The van der Waals surface area contributed by atoms with Gasteiger partial charge in [0.15, 0.2) is 0 Å². The van der Waals surface area contributed by atoms with Gasteiger partial charge in [0.1, 0.15) is 53.4 Å². The lowest BCUT2D eigenvalue weighted by atomic mass is 9.86. The molecule has 4 heterocycles. The van der Waals surface area contributed by atoms with Crippen LogP contribution in [0.25, 0.3) is 11.3 Å². The second-order valence-electron chi connectivity index (χ2n) is 12.2. The Bertz CT molecular complexity index is 1350. The fourth-order valence-corrected chi connectivity index (χ4v) is 5.90. The first-order valence-corrected chi connectivity index (χ1v) is 14.6. The minimum atomic E-state index is -1.39. The highest BCUT2D eigenvalue weighted by molar-refractivity contribution is 6.30. The first kappa shape index (κ1) is 31.5. The third kappa shape index (κ3) is 6.93. The number of nitrogens with zero attached hydrogens (tertiary/aromatic N) is 5. The van der Waals surface area contributed by atoms with Gasteiger partial charge in [0.2, 0.25) is 0 Å². The molecule has 15 heteroatoms. The summed E-state index contributed by atoms with van der Waals surface area (Å²) in [5.74, 6) is -1.53. The predicted molar refractivity (Wildman–Crippen MR) is 149 cm³/mol. The van der Waals surface area contributed by atoms with Gasteiger partial charge in [-0.05, 0) is 45.7 Å². The lowest BCUT2D eigenvalue weighted by Gasteiger charge is -2.42. The first-order chi connectivity index (χ1) is 20.3. The Morgan fingerprint density at radius 1 is 1.14 bits per heavy atom. The standard InChI is InChI=1S/C28H36ClF2N5O7/c1-28(2,3)42-27(40)35-6-4-14(5-7-35)20-8-15(43-33-20)9-22-25(38)24(26(39)23(13-37)41-22)36-12-21(32-34-36)16-10-19(31)17(29)11-18(16)30/h10-12,14-15,22-26,37-39H,4-9,13H2,1-3H3/t15?,22-,23-,24-,25+,26+/m1/s1. The summed E-state index contributed by atoms with van der Waals surface area (Å²) in [5, 5.41) is 43.8. The highest BCUT2D eigenvalue weighted by Gasteiger charge is 2.47. The van der Waals surface area contributed by atoms with E-state index in [1.54, 1.807) is 4.90 Å². The van der Waals surface area contributed by atoms with E-state index in [4.69, 9.17) is 25.9 Å². The fourth-order valence-electron chi connectivity index (χ4n) is 5.75. The van der Waals surface area contributed by atoms with Gasteiger partial charge in [0.25, 0.3) is 0 Å². The maximum Gasteiger partial charge on any atom is 0.410 e. The molecule has 3 N–H and O–H groups in total. The van der Waals surface area contributed by atoms with Crippen molar-refractivity contribution in [3.8, 4) is 11.3 Å². The van der Waals surface area contributed by atoms with E-state index >= 15 is 0 Å². The number of hydrogen-bond donors (Lipinski definition) is 3. The summed E-state index contributed by atoms with van der Waals surface area (Å²) < 4.78 is 41.0. The smallest absolute Gasteiger partial charge is 0.410 e. The third-order valence-electron chi connectivity index (χ3n) is 7.96. The van der Waals surface area contributed by atoms with Gasteiger partial charge < -0.3 is 34.5 Å². The van der Waals surface area contributed by atoms with Gasteiger partial charge in [-0.3, -0.25) is 0 Å². The van der Waals surface area contributed by atoms with Crippen LogP contribution in [0.3, 0.4) is 0 Å². The summed E-state index contributed by atoms with van der Waals surface area (Å²) in [7, 11) is 0. The number of aliphatic hydroxyl groups excluding tert-OH is 3. The highest BCUT2D eigenvalue weighted by atomic mass is 35.5. The van der Waals surface area contributed by atoms with Gasteiger partial charge in [-0.15, -0.1) is 5.10 Å². The molecule has 1 unspecified atom stereocenters.